The molecule has 0 fully saturated rings. The second-order valence-electron chi connectivity index (χ2n) is 6.87. The van der Waals surface area contributed by atoms with Gasteiger partial charge in [-0.05, 0) is 42.8 Å². The first-order valence-electron chi connectivity index (χ1n) is 9.44. The molecule has 168 valence electrons. The van der Waals surface area contributed by atoms with E-state index in [0.29, 0.717) is 22.0 Å². The standard InChI is InChI=1S/C21H26ClN3O5S/c1-15(21(27)23-2)24(13-16-7-5-6-8-19(16)22)20(26)14-25(31(4,28)29)17-9-11-18(30-3)12-10-17/h5-12,15H,13-14H2,1-4H3,(H,23,27). The van der Waals surface area contributed by atoms with Gasteiger partial charge in [0.15, 0.2) is 0 Å². The van der Waals surface area contributed by atoms with E-state index in [1.54, 1.807) is 55.5 Å². The molecule has 10 heteroatoms. The van der Waals surface area contributed by atoms with Crippen molar-refractivity contribution in [2.24, 2.45) is 0 Å². The largest absolute Gasteiger partial charge is 0.497 e. The summed E-state index contributed by atoms with van der Waals surface area (Å²) in [5.74, 6) is -0.370. The van der Waals surface area contributed by atoms with E-state index < -0.39 is 28.5 Å². The molecule has 0 aliphatic carbocycles. The Kier molecular flexibility index (Phi) is 8.29. The number of hydrogen-bond donors (Lipinski definition) is 1. The monoisotopic (exact) mass is 467 g/mol. The number of hydrogen-bond acceptors (Lipinski definition) is 5. The maximum Gasteiger partial charge on any atom is 0.244 e. The third-order valence-electron chi connectivity index (χ3n) is 4.75. The lowest BCUT2D eigenvalue weighted by atomic mass is 10.1. The highest BCUT2D eigenvalue weighted by atomic mass is 35.5. The fourth-order valence-corrected chi connectivity index (χ4v) is 4.01. The number of nitrogens with zero attached hydrogens (tertiary/aromatic N) is 2. The molecule has 0 aliphatic heterocycles. The average Bonchev–Trinajstić information content (AvgIpc) is 2.75. The van der Waals surface area contributed by atoms with Crippen molar-refractivity contribution >= 4 is 39.1 Å². The molecule has 8 nitrogen and oxygen atoms in total. The van der Waals surface area contributed by atoms with Crippen molar-refractivity contribution < 1.29 is 22.7 Å². The fraction of sp³-hybridized carbons (Fsp3) is 0.333. The summed E-state index contributed by atoms with van der Waals surface area (Å²) < 4.78 is 31.0. The molecular weight excluding hydrogens is 442 g/mol. The first kappa shape index (κ1) is 24.5. The Balaban J connectivity index is 2.38. The summed E-state index contributed by atoms with van der Waals surface area (Å²) in [6.07, 6.45) is 1.02. The number of nitrogens with one attached hydrogen (secondary N) is 1. The molecule has 0 aromatic heterocycles. The van der Waals surface area contributed by atoms with Crippen molar-refractivity contribution in [3.05, 3.63) is 59.1 Å². The topological polar surface area (TPSA) is 96.0 Å². The van der Waals surface area contributed by atoms with Crippen molar-refractivity contribution in [2.75, 3.05) is 31.3 Å². The molecule has 0 saturated carbocycles. The lowest BCUT2D eigenvalue weighted by Gasteiger charge is -2.31. The van der Waals surface area contributed by atoms with Crippen LogP contribution in [0.3, 0.4) is 0 Å². The van der Waals surface area contributed by atoms with Crippen molar-refractivity contribution in [2.45, 2.75) is 19.5 Å². The summed E-state index contributed by atoms with van der Waals surface area (Å²) >= 11 is 6.24. The minimum atomic E-state index is -3.78. The van der Waals surface area contributed by atoms with Crippen LogP contribution in [-0.2, 0) is 26.2 Å². The van der Waals surface area contributed by atoms with Crippen LogP contribution in [0, 0.1) is 0 Å². The van der Waals surface area contributed by atoms with Crippen LogP contribution in [0.5, 0.6) is 5.75 Å². The van der Waals surface area contributed by atoms with Gasteiger partial charge in [-0.1, -0.05) is 29.8 Å². The van der Waals surface area contributed by atoms with Crippen molar-refractivity contribution in [1.82, 2.24) is 10.2 Å². The lowest BCUT2D eigenvalue weighted by Crippen LogP contribution is -2.50. The molecule has 31 heavy (non-hydrogen) atoms. The number of halogens is 1. The zero-order valence-corrected chi connectivity index (χ0v) is 19.4. The predicted molar refractivity (Wildman–Crippen MR) is 121 cm³/mol. The number of benzene rings is 2. The number of carbonyl (C=O) groups is 2. The molecule has 2 aromatic carbocycles. The quantitative estimate of drug-likeness (QED) is 0.610. The molecule has 1 N–H and O–H groups in total. The van der Waals surface area contributed by atoms with Gasteiger partial charge >= 0.3 is 0 Å². The van der Waals surface area contributed by atoms with Gasteiger partial charge in [-0.2, -0.15) is 0 Å². The summed E-state index contributed by atoms with van der Waals surface area (Å²) in [5, 5.41) is 2.96. The summed E-state index contributed by atoms with van der Waals surface area (Å²) in [4.78, 5) is 26.8. The van der Waals surface area contributed by atoms with E-state index in [1.807, 2.05) is 0 Å². The number of sulfonamides is 1. The van der Waals surface area contributed by atoms with E-state index >= 15 is 0 Å². The van der Waals surface area contributed by atoms with Crippen LogP contribution in [0.15, 0.2) is 48.5 Å². The minimum absolute atomic E-state index is 0.0489. The van der Waals surface area contributed by atoms with Crippen LogP contribution < -0.4 is 14.4 Å². The number of ether oxygens (including phenoxy) is 1. The summed E-state index contributed by atoms with van der Waals surface area (Å²) in [6, 6.07) is 12.4. The van der Waals surface area contributed by atoms with Gasteiger partial charge < -0.3 is 15.0 Å². The smallest absolute Gasteiger partial charge is 0.244 e. The number of amides is 2. The molecule has 0 heterocycles. The van der Waals surface area contributed by atoms with Gasteiger partial charge in [0.05, 0.1) is 19.1 Å². The molecule has 2 aromatic rings. The molecule has 1 unspecified atom stereocenters. The highest BCUT2D eigenvalue weighted by Crippen LogP contribution is 2.23. The van der Waals surface area contributed by atoms with Gasteiger partial charge in [0.2, 0.25) is 21.8 Å². The van der Waals surface area contributed by atoms with Gasteiger partial charge in [0.25, 0.3) is 0 Å². The van der Waals surface area contributed by atoms with E-state index in [0.717, 1.165) is 10.6 Å². The van der Waals surface area contributed by atoms with E-state index in [4.69, 9.17) is 16.3 Å². The van der Waals surface area contributed by atoms with Crippen LogP contribution >= 0.6 is 11.6 Å². The zero-order valence-electron chi connectivity index (χ0n) is 17.8. The summed E-state index contributed by atoms with van der Waals surface area (Å²) in [5.41, 5.74) is 0.950. The second-order valence-corrected chi connectivity index (χ2v) is 9.18. The number of carbonyl (C=O) groups excluding carboxylic acids is 2. The lowest BCUT2D eigenvalue weighted by molar-refractivity contribution is -0.139. The average molecular weight is 468 g/mol. The Morgan fingerprint density at radius 2 is 1.74 bits per heavy atom. The third-order valence-corrected chi connectivity index (χ3v) is 6.26. The molecule has 2 rings (SSSR count). The Hall–Kier alpha value is -2.78. The van der Waals surface area contributed by atoms with Gasteiger partial charge in [-0.25, -0.2) is 8.42 Å². The van der Waals surface area contributed by atoms with Gasteiger partial charge in [-0.15, -0.1) is 0 Å². The maximum absolute atomic E-state index is 13.2. The minimum Gasteiger partial charge on any atom is -0.497 e. The number of likely N-dealkylation sites (N-methyl/N-ethyl adjacent to an activating group) is 1. The summed E-state index contributed by atoms with van der Waals surface area (Å²) in [7, 11) is -0.811. The number of rotatable bonds is 9. The first-order valence-corrected chi connectivity index (χ1v) is 11.7. The molecule has 0 spiro atoms. The van der Waals surface area contributed by atoms with Gasteiger partial charge in [0, 0.05) is 18.6 Å². The third kappa shape index (κ3) is 6.35. The first-order chi connectivity index (χ1) is 14.6. The highest BCUT2D eigenvalue weighted by Gasteiger charge is 2.30. The van der Waals surface area contributed by atoms with E-state index in [-0.39, 0.29) is 12.5 Å². The van der Waals surface area contributed by atoms with Crippen LogP contribution in [0.2, 0.25) is 5.02 Å². The van der Waals surface area contributed by atoms with Crippen molar-refractivity contribution in [3.8, 4) is 5.75 Å². The van der Waals surface area contributed by atoms with Crippen molar-refractivity contribution in [3.63, 3.8) is 0 Å². The van der Waals surface area contributed by atoms with Gasteiger partial charge in [-0.3, -0.25) is 13.9 Å². The molecule has 0 aliphatic rings. The number of anilines is 1. The fourth-order valence-electron chi connectivity index (χ4n) is 2.96. The molecule has 0 bridgehead atoms. The van der Waals surface area contributed by atoms with Crippen LogP contribution in [0.25, 0.3) is 0 Å². The molecular formula is C21H26ClN3O5S. The zero-order chi connectivity index (χ0) is 23.2. The van der Waals surface area contributed by atoms with Crippen LogP contribution in [0.1, 0.15) is 12.5 Å². The maximum atomic E-state index is 13.2. The summed E-state index contributed by atoms with van der Waals surface area (Å²) in [6.45, 7) is 1.15. The Bertz CT molecular complexity index is 1030. The normalized spacial score (nSPS) is 12.0. The van der Waals surface area contributed by atoms with E-state index in [1.165, 1.54) is 19.1 Å². The Morgan fingerprint density at radius 3 is 2.26 bits per heavy atom. The van der Waals surface area contributed by atoms with Crippen LogP contribution in [0.4, 0.5) is 5.69 Å². The SMILES string of the molecule is CNC(=O)C(C)N(Cc1ccccc1Cl)C(=O)CN(c1ccc(OC)cc1)S(C)(=O)=O. The molecule has 0 radical (unpaired) electrons. The van der Waals surface area contributed by atoms with E-state index in [2.05, 4.69) is 5.32 Å². The number of methoxy groups -OCH3 is 1. The van der Waals surface area contributed by atoms with Crippen LogP contribution in [-0.4, -0.2) is 58.1 Å². The molecule has 1 atom stereocenters. The van der Waals surface area contributed by atoms with E-state index in [9.17, 15) is 18.0 Å². The highest BCUT2D eigenvalue weighted by molar-refractivity contribution is 7.92. The second kappa shape index (κ2) is 10.5. The predicted octanol–water partition coefficient (Wildman–Crippen LogP) is 2.28. The Morgan fingerprint density at radius 1 is 1.13 bits per heavy atom. The molecule has 2 amide bonds. The Labute approximate surface area is 187 Å². The molecule has 0 saturated heterocycles. The van der Waals surface area contributed by atoms with Gasteiger partial charge in [0.1, 0.15) is 18.3 Å². The van der Waals surface area contributed by atoms with Crippen molar-refractivity contribution in [1.29, 1.82) is 0 Å².